The Labute approximate surface area is 149 Å². The summed E-state index contributed by atoms with van der Waals surface area (Å²) in [4.78, 5) is 19.3. The lowest BCUT2D eigenvalue weighted by molar-refractivity contribution is -0.384. The SMILES string of the molecule is COc1ccc(CNc2ncnc(-n3nc(C)cc3C)c2[N+](=O)[O-])cc1. The van der Waals surface area contributed by atoms with Crippen LogP contribution in [-0.4, -0.2) is 31.8 Å². The minimum atomic E-state index is -0.498. The summed E-state index contributed by atoms with van der Waals surface area (Å²) < 4.78 is 6.57. The summed E-state index contributed by atoms with van der Waals surface area (Å²) in [6.45, 7) is 4.01. The molecule has 0 bridgehead atoms. The number of nitro groups is 1. The molecule has 0 saturated carbocycles. The molecule has 9 heteroatoms. The van der Waals surface area contributed by atoms with Crippen molar-refractivity contribution in [3.8, 4) is 11.6 Å². The van der Waals surface area contributed by atoms with E-state index in [4.69, 9.17) is 4.74 Å². The van der Waals surface area contributed by atoms with E-state index in [0.29, 0.717) is 6.54 Å². The molecule has 3 aromatic rings. The van der Waals surface area contributed by atoms with Crippen LogP contribution < -0.4 is 10.1 Å². The van der Waals surface area contributed by atoms with Crippen molar-refractivity contribution in [1.29, 1.82) is 0 Å². The number of anilines is 1. The van der Waals surface area contributed by atoms with Crippen LogP contribution in [0, 0.1) is 24.0 Å². The van der Waals surface area contributed by atoms with Gasteiger partial charge in [0, 0.05) is 12.2 Å². The average Bonchev–Trinajstić information content (AvgIpc) is 2.98. The number of aryl methyl sites for hydroxylation is 2. The summed E-state index contributed by atoms with van der Waals surface area (Å²) in [5.74, 6) is 1.02. The summed E-state index contributed by atoms with van der Waals surface area (Å²) in [5, 5.41) is 18.9. The number of hydrogen-bond donors (Lipinski definition) is 1. The highest BCUT2D eigenvalue weighted by molar-refractivity contribution is 5.64. The molecule has 1 aromatic carbocycles. The molecule has 0 saturated heterocycles. The Balaban J connectivity index is 1.93. The Bertz CT molecular complexity index is 936. The van der Waals surface area contributed by atoms with Gasteiger partial charge in [0.1, 0.15) is 12.1 Å². The number of rotatable bonds is 6. The molecule has 0 unspecified atom stereocenters. The van der Waals surface area contributed by atoms with Crippen LogP contribution in [0.15, 0.2) is 36.7 Å². The fraction of sp³-hybridized carbons (Fsp3) is 0.235. The summed E-state index contributed by atoms with van der Waals surface area (Å²) in [5.41, 5.74) is 2.23. The van der Waals surface area contributed by atoms with E-state index >= 15 is 0 Å². The first kappa shape index (κ1) is 17.3. The second-order valence-electron chi connectivity index (χ2n) is 5.69. The van der Waals surface area contributed by atoms with Crippen molar-refractivity contribution in [2.24, 2.45) is 0 Å². The van der Waals surface area contributed by atoms with Gasteiger partial charge in [-0.3, -0.25) is 10.1 Å². The molecule has 2 aromatic heterocycles. The largest absolute Gasteiger partial charge is 0.497 e. The van der Waals surface area contributed by atoms with Gasteiger partial charge >= 0.3 is 5.69 Å². The lowest BCUT2D eigenvalue weighted by Crippen LogP contribution is -2.11. The van der Waals surface area contributed by atoms with Crippen LogP contribution >= 0.6 is 0 Å². The maximum absolute atomic E-state index is 11.7. The lowest BCUT2D eigenvalue weighted by atomic mass is 10.2. The van der Waals surface area contributed by atoms with Crippen molar-refractivity contribution in [2.45, 2.75) is 20.4 Å². The average molecular weight is 354 g/mol. The van der Waals surface area contributed by atoms with Crippen LogP contribution in [0.4, 0.5) is 11.5 Å². The molecule has 0 aliphatic heterocycles. The molecule has 1 N–H and O–H groups in total. The molecule has 2 heterocycles. The van der Waals surface area contributed by atoms with Gasteiger partial charge in [0.05, 0.1) is 17.7 Å². The van der Waals surface area contributed by atoms with Gasteiger partial charge in [-0.05, 0) is 37.6 Å². The highest BCUT2D eigenvalue weighted by atomic mass is 16.6. The number of ether oxygens (including phenoxy) is 1. The second-order valence-corrected chi connectivity index (χ2v) is 5.69. The van der Waals surface area contributed by atoms with Gasteiger partial charge in [0.2, 0.25) is 11.6 Å². The highest BCUT2D eigenvalue weighted by Gasteiger charge is 2.25. The predicted molar refractivity (Wildman–Crippen MR) is 95.6 cm³/mol. The molecule has 0 fully saturated rings. The first-order chi connectivity index (χ1) is 12.5. The lowest BCUT2D eigenvalue weighted by Gasteiger charge is -2.10. The molecule has 134 valence electrons. The number of benzene rings is 1. The number of nitrogens with one attached hydrogen (secondary N) is 1. The van der Waals surface area contributed by atoms with E-state index in [1.54, 1.807) is 7.11 Å². The minimum absolute atomic E-state index is 0.132. The molecule has 0 atom stereocenters. The third kappa shape index (κ3) is 3.46. The first-order valence-corrected chi connectivity index (χ1v) is 7.89. The third-order valence-electron chi connectivity index (χ3n) is 3.81. The summed E-state index contributed by atoms with van der Waals surface area (Å²) in [6.07, 6.45) is 1.29. The molecule has 0 amide bonds. The van der Waals surface area contributed by atoms with Gasteiger partial charge in [0.25, 0.3) is 0 Å². The van der Waals surface area contributed by atoms with E-state index in [0.717, 1.165) is 22.7 Å². The van der Waals surface area contributed by atoms with E-state index in [9.17, 15) is 10.1 Å². The van der Waals surface area contributed by atoms with E-state index in [1.165, 1.54) is 11.0 Å². The second kappa shape index (κ2) is 7.18. The Kier molecular flexibility index (Phi) is 4.78. The van der Waals surface area contributed by atoms with E-state index in [-0.39, 0.29) is 17.3 Å². The number of nitrogens with zero attached hydrogens (tertiary/aromatic N) is 5. The monoisotopic (exact) mass is 354 g/mol. The van der Waals surface area contributed by atoms with Crippen molar-refractivity contribution < 1.29 is 9.66 Å². The third-order valence-corrected chi connectivity index (χ3v) is 3.81. The zero-order chi connectivity index (χ0) is 18.7. The van der Waals surface area contributed by atoms with E-state index < -0.39 is 4.92 Å². The Morgan fingerprint density at radius 3 is 2.54 bits per heavy atom. The molecule has 9 nitrogen and oxygen atoms in total. The van der Waals surface area contributed by atoms with E-state index in [2.05, 4.69) is 20.4 Å². The fourth-order valence-corrected chi connectivity index (χ4v) is 2.59. The van der Waals surface area contributed by atoms with E-state index in [1.807, 2.05) is 44.2 Å². The molecule has 3 rings (SSSR count). The van der Waals surface area contributed by atoms with Gasteiger partial charge in [-0.15, -0.1) is 0 Å². The fourth-order valence-electron chi connectivity index (χ4n) is 2.59. The molecular formula is C17H18N6O3. The first-order valence-electron chi connectivity index (χ1n) is 7.89. The summed E-state index contributed by atoms with van der Waals surface area (Å²) >= 11 is 0. The zero-order valence-electron chi connectivity index (χ0n) is 14.6. The standard InChI is InChI=1S/C17H18N6O3/c1-11-8-12(2)22(21-11)17-15(23(24)25)16(19-10-20-17)18-9-13-4-6-14(26-3)7-5-13/h4-8,10H,9H2,1-3H3,(H,18,19,20). The highest BCUT2D eigenvalue weighted by Crippen LogP contribution is 2.28. The Morgan fingerprint density at radius 1 is 1.23 bits per heavy atom. The molecule has 0 aliphatic carbocycles. The van der Waals surface area contributed by atoms with Gasteiger partial charge in [-0.1, -0.05) is 12.1 Å². The Morgan fingerprint density at radius 2 is 1.96 bits per heavy atom. The van der Waals surface area contributed by atoms with Crippen LogP contribution in [0.3, 0.4) is 0 Å². The quantitative estimate of drug-likeness (QED) is 0.535. The normalized spacial score (nSPS) is 10.6. The van der Waals surface area contributed by atoms with Crippen LogP contribution in [0.5, 0.6) is 5.75 Å². The van der Waals surface area contributed by atoms with Crippen molar-refractivity contribution in [3.05, 3.63) is 63.7 Å². The van der Waals surface area contributed by atoms with Gasteiger partial charge < -0.3 is 10.1 Å². The zero-order valence-corrected chi connectivity index (χ0v) is 14.6. The topological polar surface area (TPSA) is 108 Å². The van der Waals surface area contributed by atoms with Crippen molar-refractivity contribution in [3.63, 3.8) is 0 Å². The van der Waals surface area contributed by atoms with Crippen molar-refractivity contribution in [1.82, 2.24) is 19.7 Å². The number of aromatic nitrogens is 4. The summed E-state index contributed by atoms with van der Waals surface area (Å²) in [7, 11) is 1.60. The summed E-state index contributed by atoms with van der Waals surface area (Å²) in [6, 6.07) is 9.23. The molecule has 0 spiro atoms. The molecular weight excluding hydrogens is 336 g/mol. The van der Waals surface area contributed by atoms with Crippen molar-refractivity contribution >= 4 is 11.5 Å². The van der Waals surface area contributed by atoms with Crippen molar-refractivity contribution in [2.75, 3.05) is 12.4 Å². The Hall–Kier alpha value is -3.49. The molecule has 26 heavy (non-hydrogen) atoms. The van der Waals surface area contributed by atoms with Crippen LogP contribution in [0.1, 0.15) is 17.0 Å². The van der Waals surface area contributed by atoms with Gasteiger partial charge in [-0.2, -0.15) is 5.10 Å². The number of methoxy groups -OCH3 is 1. The van der Waals surface area contributed by atoms with Gasteiger partial charge in [-0.25, -0.2) is 14.6 Å². The van der Waals surface area contributed by atoms with Crippen LogP contribution in [0.2, 0.25) is 0 Å². The minimum Gasteiger partial charge on any atom is -0.497 e. The smallest absolute Gasteiger partial charge is 0.355 e. The maximum Gasteiger partial charge on any atom is 0.355 e. The number of hydrogen-bond acceptors (Lipinski definition) is 7. The molecule has 0 radical (unpaired) electrons. The van der Waals surface area contributed by atoms with Gasteiger partial charge in [0.15, 0.2) is 0 Å². The molecule has 0 aliphatic rings. The maximum atomic E-state index is 11.7. The predicted octanol–water partition coefficient (Wildman–Crippen LogP) is 2.81. The van der Waals surface area contributed by atoms with Crippen LogP contribution in [0.25, 0.3) is 5.82 Å². The van der Waals surface area contributed by atoms with Crippen LogP contribution in [-0.2, 0) is 6.54 Å².